The van der Waals surface area contributed by atoms with Gasteiger partial charge in [0, 0.05) is 11.7 Å². The number of aryl methyl sites for hydroxylation is 1. The van der Waals surface area contributed by atoms with Gasteiger partial charge in [-0.1, -0.05) is 6.07 Å². The predicted molar refractivity (Wildman–Crippen MR) is 102 cm³/mol. The molecule has 0 radical (unpaired) electrons. The Morgan fingerprint density at radius 2 is 1.70 bits per heavy atom. The van der Waals surface area contributed by atoms with Gasteiger partial charge < -0.3 is 15.4 Å². The summed E-state index contributed by atoms with van der Waals surface area (Å²) in [4.78, 5) is 38.3. The number of ether oxygens (including phenoxy) is 1. The van der Waals surface area contributed by atoms with Crippen LogP contribution in [0.4, 0.5) is 16.2 Å². The van der Waals surface area contributed by atoms with E-state index >= 15 is 0 Å². The molecule has 0 bridgehead atoms. The zero-order chi connectivity index (χ0) is 19.7. The Kier molecular flexibility index (Phi) is 4.85. The summed E-state index contributed by atoms with van der Waals surface area (Å²) >= 11 is 0. The highest BCUT2D eigenvalue weighted by molar-refractivity contribution is 6.22. The fourth-order valence-electron chi connectivity index (χ4n) is 3.01. The molecule has 1 heterocycles. The average molecular weight is 367 g/mol. The number of nitrogens with one attached hydrogen (secondary N) is 2. The van der Waals surface area contributed by atoms with Crippen LogP contribution in [0.1, 0.15) is 40.1 Å². The van der Waals surface area contributed by atoms with E-state index in [-0.39, 0.29) is 17.9 Å². The molecule has 0 saturated heterocycles. The van der Waals surface area contributed by atoms with Crippen molar-refractivity contribution in [2.24, 2.45) is 0 Å². The first kappa shape index (κ1) is 18.4. The number of imide groups is 1. The Balaban J connectivity index is 1.79. The van der Waals surface area contributed by atoms with Gasteiger partial charge in [-0.3, -0.25) is 14.5 Å². The van der Waals surface area contributed by atoms with Gasteiger partial charge in [0.1, 0.15) is 5.75 Å². The molecule has 0 aliphatic carbocycles. The minimum Gasteiger partial charge on any atom is -0.495 e. The Bertz CT molecular complexity index is 937. The van der Waals surface area contributed by atoms with E-state index in [9.17, 15) is 14.4 Å². The second kappa shape index (κ2) is 7.11. The standard InChI is InChI=1S/C20H21N3O4/c1-11(2)23-18(24)14-7-6-13(10-15(14)19(23)25)21-20(26)22-16-9-12(3)5-8-17(16)27-4/h5-11H,1-4H3,(H2,21,22,26). The minimum absolute atomic E-state index is 0.231. The van der Waals surface area contributed by atoms with Crippen LogP contribution in [0, 0.1) is 6.92 Å². The van der Waals surface area contributed by atoms with E-state index in [1.165, 1.54) is 18.1 Å². The third kappa shape index (κ3) is 3.48. The number of carbonyl (C=O) groups is 3. The van der Waals surface area contributed by atoms with E-state index in [1.807, 2.05) is 13.0 Å². The zero-order valence-electron chi connectivity index (χ0n) is 15.6. The van der Waals surface area contributed by atoms with Gasteiger partial charge in [0.05, 0.1) is 23.9 Å². The summed E-state index contributed by atoms with van der Waals surface area (Å²) in [5, 5.41) is 5.41. The molecule has 0 spiro atoms. The van der Waals surface area contributed by atoms with Crippen LogP contribution in [-0.2, 0) is 0 Å². The molecule has 0 unspecified atom stereocenters. The smallest absolute Gasteiger partial charge is 0.323 e. The largest absolute Gasteiger partial charge is 0.495 e. The molecule has 4 amide bonds. The Hall–Kier alpha value is -3.35. The first-order valence-electron chi connectivity index (χ1n) is 8.56. The quantitative estimate of drug-likeness (QED) is 0.808. The van der Waals surface area contributed by atoms with Crippen molar-refractivity contribution in [3.8, 4) is 5.75 Å². The number of carbonyl (C=O) groups excluding carboxylic acids is 3. The topological polar surface area (TPSA) is 87.7 Å². The molecular weight excluding hydrogens is 346 g/mol. The van der Waals surface area contributed by atoms with E-state index in [2.05, 4.69) is 10.6 Å². The van der Waals surface area contributed by atoms with Crippen LogP contribution in [0.5, 0.6) is 5.75 Å². The number of amides is 4. The molecule has 0 atom stereocenters. The van der Waals surface area contributed by atoms with Crippen LogP contribution in [-0.4, -0.2) is 35.9 Å². The molecule has 3 rings (SSSR count). The van der Waals surface area contributed by atoms with Crippen molar-refractivity contribution in [2.45, 2.75) is 26.8 Å². The van der Waals surface area contributed by atoms with Crippen molar-refractivity contribution in [1.82, 2.24) is 4.90 Å². The molecular formula is C20H21N3O4. The lowest BCUT2D eigenvalue weighted by molar-refractivity contribution is 0.0609. The van der Waals surface area contributed by atoms with Crippen LogP contribution in [0.2, 0.25) is 0 Å². The van der Waals surface area contributed by atoms with E-state index < -0.39 is 6.03 Å². The number of rotatable bonds is 4. The normalized spacial score (nSPS) is 13.0. The summed E-state index contributed by atoms with van der Waals surface area (Å²) in [5.41, 5.74) is 2.57. The Labute approximate surface area is 157 Å². The van der Waals surface area contributed by atoms with Gasteiger partial charge in [-0.15, -0.1) is 0 Å². The molecule has 1 aliphatic rings. The predicted octanol–water partition coefficient (Wildman–Crippen LogP) is 3.65. The van der Waals surface area contributed by atoms with Crippen molar-refractivity contribution in [2.75, 3.05) is 17.7 Å². The van der Waals surface area contributed by atoms with Crippen molar-refractivity contribution in [1.29, 1.82) is 0 Å². The third-order valence-corrected chi connectivity index (χ3v) is 4.30. The average Bonchev–Trinajstić information content (AvgIpc) is 2.85. The van der Waals surface area contributed by atoms with Gasteiger partial charge in [0.15, 0.2) is 0 Å². The second-order valence-corrected chi connectivity index (χ2v) is 6.62. The Morgan fingerprint density at radius 1 is 1.00 bits per heavy atom. The van der Waals surface area contributed by atoms with Crippen LogP contribution < -0.4 is 15.4 Å². The highest BCUT2D eigenvalue weighted by atomic mass is 16.5. The monoisotopic (exact) mass is 367 g/mol. The number of hydrogen-bond acceptors (Lipinski definition) is 4. The maximum absolute atomic E-state index is 12.5. The summed E-state index contributed by atoms with van der Waals surface area (Å²) in [6.45, 7) is 5.47. The summed E-state index contributed by atoms with van der Waals surface area (Å²) in [7, 11) is 1.53. The maximum Gasteiger partial charge on any atom is 0.323 e. The van der Waals surface area contributed by atoms with Crippen LogP contribution in [0.25, 0.3) is 0 Å². The molecule has 1 aliphatic heterocycles. The summed E-state index contributed by atoms with van der Waals surface area (Å²) in [6, 6.07) is 9.41. The van der Waals surface area contributed by atoms with Crippen LogP contribution in [0.15, 0.2) is 36.4 Å². The molecule has 27 heavy (non-hydrogen) atoms. The van der Waals surface area contributed by atoms with Crippen molar-refractivity contribution < 1.29 is 19.1 Å². The molecule has 7 heteroatoms. The number of benzene rings is 2. The van der Waals surface area contributed by atoms with Crippen molar-refractivity contribution in [3.05, 3.63) is 53.1 Å². The highest BCUT2D eigenvalue weighted by Gasteiger charge is 2.37. The molecule has 0 saturated carbocycles. The third-order valence-electron chi connectivity index (χ3n) is 4.30. The van der Waals surface area contributed by atoms with Gasteiger partial charge in [-0.2, -0.15) is 0 Å². The molecule has 7 nitrogen and oxygen atoms in total. The molecule has 0 aromatic heterocycles. The minimum atomic E-state index is -0.476. The summed E-state index contributed by atoms with van der Waals surface area (Å²) in [6.07, 6.45) is 0. The van der Waals surface area contributed by atoms with Crippen molar-refractivity contribution >= 4 is 29.2 Å². The first-order chi connectivity index (χ1) is 12.8. The lowest BCUT2D eigenvalue weighted by atomic mass is 10.1. The number of nitrogens with zero attached hydrogens (tertiary/aromatic N) is 1. The lowest BCUT2D eigenvalue weighted by Gasteiger charge is -2.17. The van der Waals surface area contributed by atoms with E-state index in [1.54, 1.807) is 38.1 Å². The Morgan fingerprint density at radius 3 is 2.37 bits per heavy atom. The van der Waals surface area contributed by atoms with Gasteiger partial charge in [-0.25, -0.2) is 4.79 Å². The molecule has 140 valence electrons. The molecule has 2 N–H and O–H groups in total. The number of methoxy groups -OCH3 is 1. The number of anilines is 2. The SMILES string of the molecule is COc1ccc(C)cc1NC(=O)Nc1ccc2c(c1)C(=O)N(C(C)C)C2=O. The van der Waals surface area contributed by atoms with Crippen molar-refractivity contribution in [3.63, 3.8) is 0 Å². The maximum atomic E-state index is 12.5. The number of urea groups is 1. The fraction of sp³-hybridized carbons (Fsp3) is 0.250. The van der Waals surface area contributed by atoms with Gasteiger partial charge in [-0.05, 0) is 56.7 Å². The lowest BCUT2D eigenvalue weighted by Crippen LogP contribution is -2.35. The second-order valence-electron chi connectivity index (χ2n) is 6.62. The number of hydrogen-bond donors (Lipinski definition) is 2. The first-order valence-corrected chi connectivity index (χ1v) is 8.56. The van der Waals surface area contributed by atoms with E-state index in [0.29, 0.717) is 28.3 Å². The molecule has 2 aromatic carbocycles. The summed E-state index contributed by atoms with van der Waals surface area (Å²) < 4.78 is 5.24. The van der Waals surface area contributed by atoms with E-state index in [0.717, 1.165) is 5.56 Å². The van der Waals surface area contributed by atoms with Gasteiger partial charge in [0.25, 0.3) is 11.8 Å². The fourth-order valence-corrected chi connectivity index (χ4v) is 3.01. The zero-order valence-corrected chi connectivity index (χ0v) is 15.6. The van der Waals surface area contributed by atoms with Crippen LogP contribution >= 0.6 is 0 Å². The molecule has 0 fully saturated rings. The van der Waals surface area contributed by atoms with Crippen LogP contribution in [0.3, 0.4) is 0 Å². The van der Waals surface area contributed by atoms with E-state index in [4.69, 9.17) is 4.74 Å². The van der Waals surface area contributed by atoms with Gasteiger partial charge >= 0.3 is 6.03 Å². The highest BCUT2D eigenvalue weighted by Crippen LogP contribution is 2.28. The number of fused-ring (bicyclic) bond motifs is 1. The molecule has 2 aromatic rings. The summed E-state index contributed by atoms with van der Waals surface area (Å²) in [5.74, 6) is -0.127. The van der Waals surface area contributed by atoms with Gasteiger partial charge in [0.2, 0.25) is 0 Å².